The number of nitrogens with zero attached hydrogens (tertiary/aromatic N) is 2. The van der Waals surface area contributed by atoms with Crippen molar-refractivity contribution in [3.63, 3.8) is 0 Å². The third-order valence-corrected chi connectivity index (χ3v) is 7.04. The molecule has 0 spiro atoms. The number of amides is 2. The second-order valence-electron chi connectivity index (χ2n) is 9.96. The number of benzene rings is 3. The Labute approximate surface area is 249 Å². The molecule has 4 rings (SSSR count). The van der Waals surface area contributed by atoms with Crippen LogP contribution in [0.25, 0.3) is 11.1 Å². The topological polar surface area (TPSA) is 94.5 Å². The Balaban J connectivity index is 0.00000484. The van der Waals surface area contributed by atoms with Crippen LogP contribution >= 0.6 is 12.4 Å². The van der Waals surface area contributed by atoms with Crippen LogP contribution in [0.3, 0.4) is 0 Å². The van der Waals surface area contributed by atoms with Crippen LogP contribution in [0.1, 0.15) is 36.0 Å². The number of nitriles is 1. The van der Waals surface area contributed by atoms with Crippen LogP contribution in [0.5, 0.6) is 5.75 Å². The number of halogens is 4. The number of ether oxygens (including phenoxy) is 1. The lowest BCUT2D eigenvalue weighted by atomic mass is 9.85. The highest BCUT2D eigenvalue weighted by Gasteiger charge is 2.33. The number of alkyl halides is 3. The molecule has 0 unspecified atom stereocenters. The molecule has 11 heteroatoms. The van der Waals surface area contributed by atoms with Gasteiger partial charge in [0.05, 0.1) is 18.2 Å². The number of hydrogen-bond donors (Lipinski definition) is 2. The Morgan fingerprint density at radius 2 is 1.74 bits per heavy atom. The highest BCUT2D eigenvalue weighted by Crippen LogP contribution is 2.31. The summed E-state index contributed by atoms with van der Waals surface area (Å²) in [5, 5.41) is 15.2. The molecule has 7 nitrogen and oxygen atoms in total. The third kappa shape index (κ3) is 8.96. The SMILES string of the molecule is CC(=O)NCC(=O)N1CC[C@H](NCc2cc(-c3ccc(C#N)cc3)ccc2OCC(F)(F)F)[C@H](c2ccccc2)C1.Cl. The van der Waals surface area contributed by atoms with E-state index in [2.05, 4.69) is 16.7 Å². The third-order valence-electron chi connectivity index (χ3n) is 7.04. The number of rotatable bonds is 9. The Morgan fingerprint density at radius 3 is 2.38 bits per heavy atom. The molecule has 1 aliphatic heterocycles. The van der Waals surface area contributed by atoms with Crippen LogP contribution in [-0.4, -0.2) is 55.2 Å². The van der Waals surface area contributed by atoms with E-state index in [1.165, 1.54) is 13.0 Å². The molecule has 1 heterocycles. The van der Waals surface area contributed by atoms with Gasteiger partial charge in [-0.2, -0.15) is 18.4 Å². The first-order valence-electron chi connectivity index (χ1n) is 13.3. The molecule has 2 N–H and O–H groups in total. The van der Waals surface area contributed by atoms with Crippen molar-refractivity contribution in [2.24, 2.45) is 0 Å². The summed E-state index contributed by atoms with van der Waals surface area (Å²) in [7, 11) is 0. The minimum Gasteiger partial charge on any atom is -0.484 e. The number of carbonyl (C=O) groups excluding carboxylic acids is 2. The number of likely N-dealkylation sites (tertiary alicyclic amines) is 1. The largest absolute Gasteiger partial charge is 0.484 e. The molecule has 222 valence electrons. The van der Waals surface area contributed by atoms with E-state index in [9.17, 15) is 22.8 Å². The zero-order valence-electron chi connectivity index (χ0n) is 23.0. The van der Waals surface area contributed by atoms with E-state index < -0.39 is 12.8 Å². The summed E-state index contributed by atoms with van der Waals surface area (Å²) in [5.74, 6) is -0.391. The molecule has 2 amide bonds. The molecule has 0 radical (unpaired) electrons. The predicted molar refractivity (Wildman–Crippen MR) is 155 cm³/mol. The van der Waals surface area contributed by atoms with Gasteiger partial charge in [0.25, 0.3) is 0 Å². The summed E-state index contributed by atoms with van der Waals surface area (Å²) in [6.07, 6.45) is -3.87. The summed E-state index contributed by atoms with van der Waals surface area (Å²) in [4.78, 5) is 25.8. The van der Waals surface area contributed by atoms with Crippen molar-refractivity contribution in [1.82, 2.24) is 15.5 Å². The Kier molecular flexibility index (Phi) is 11.4. The zero-order valence-corrected chi connectivity index (χ0v) is 23.8. The number of piperidine rings is 1. The van der Waals surface area contributed by atoms with E-state index in [1.54, 1.807) is 41.3 Å². The lowest BCUT2D eigenvalue weighted by molar-refractivity contribution is -0.153. The monoisotopic (exact) mass is 600 g/mol. The highest BCUT2D eigenvalue weighted by atomic mass is 35.5. The van der Waals surface area contributed by atoms with Gasteiger partial charge < -0.3 is 20.3 Å². The summed E-state index contributed by atoms with van der Waals surface area (Å²) in [6.45, 7) is 1.03. The maximum atomic E-state index is 13.0. The minimum absolute atomic E-state index is 0. The van der Waals surface area contributed by atoms with Crippen molar-refractivity contribution in [3.8, 4) is 22.9 Å². The second-order valence-corrected chi connectivity index (χ2v) is 9.96. The molecule has 0 aromatic heterocycles. The molecule has 3 aromatic rings. The standard InChI is InChI=1S/C31H31F3N4O3.ClH/c1-21(39)36-18-30(40)38-14-13-28(27(19-38)24-5-3-2-4-6-24)37-17-26-15-25(23-9-7-22(16-35)8-10-23)11-12-29(26)41-20-31(32,33)34;/h2-12,15,27-28,37H,13-14,17-20H2,1H3,(H,36,39);1H/t27-,28-;/m0./s1. The zero-order chi connectivity index (χ0) is 29.4. The second kappa shape index (κ2) is 14.7. The Hall–Kier alpha value is -4.07. The lowest BCUT2D eigenvalue weighted by Crippen LogP contribution is -2.51. The van der Waals surface area contributed by atoms with Crippen LogP contribution in [-0.2, 0) is 16.1 Å². The molecule has 0 aliphatic carbocycles. The number of nitrogens with one attached hydrogen (secondary N) is 2. The van der Waals surface area contributed by atoms with Crippen LogP contribution in [0.4, 0.5) is 13.2 Å². The van der Waals surface area contributed by atoms with Gasteiger partial charge in [-0.1, -0.05) is 48.5 Å². The van der Waals surface area contributed by atoms with Crippen LogP contribution in [0, 0.1) is 11.3 Å². The number of hydrogen-bond acceptors (Lipinski definition) is 5. The fourth-order valence-electron chi connectivity index (χ4n) is 4.95. The van der Waals surface area contributed by atoms with Crippen molar-refractivity contribution in [2.75, 3.05) is 26.2 Å². The van der Waals surface area contributed by atoms with Crippen molar-refractivity contribution < 1.29 is 27.5 Å². The maximum Gasteiger partial charge on any atom is 0.422 e. The molecule has 42 heavy (non-hydrogen) atoms. The van der Waals surface area contributed by atoms with E-state index in [-0.39, 0.29) is 55.0 Å². The van der Waals surface area contributed by atoms with Crippen LogP contribution < -0.4 is 15.4 Å². The van der Waals surface area contributed by atoms with E-state index >= 15 is 0 Å². The van der Waals surface area contributed by atoms with Gasteiger partial charge in [-0.25, -0.2) is 0 Å². The van der Waals surface area contributed by atoms with Gasteiger partial charge in [-0.3, -0.25) is 9.59 Å². The minimum atomic E-state index is -4.48. The van der Waals surface area contributed by atoms with Crippen molar-refractivity contribution >= 4 is 24.2 Å². The summed E-state index contributed by atoms with van der Waals surface area (Å²) in [6, 6.07) is 23.7. The summed E-state index contributed by atoms with van der Waals surface area (Å²) < 4.78 is 44.1. The molecule has 1 fully saturated rings. The average molecular weight is 601 g/mol. The van der Waals surface area contributed by atoms with E-state index in [0.717, 1.165) is 16.7 Å². The van der Waals surface area contributed by atoms with E-state index in [0.29, 0.717) is 30.6 Å². The Bertz CT molecular complexity index is 1400. The first-order valence-corrected chi connectivity index (χ1v) is 13.3. The van der Waals surface area contributed by atoms with E-state index in [1.807, 2.05) is 30.3 Å². The van der Waals surface area contributed by atoms with Crippen molar-refractivity contribution in [1.29, 1.82) is 5.26 Å². The average Bonchev–Trinajstić information content (AvgIpc) is 2.98. The summed E-state index contributed by atoms with van der Waals surface area (Å²) in [5.41, 5.74) is 3.70. The van der Waals surface area contributed by atoms with Crippen LogP contribution in [0.2, 0.25) is 0 Å². The van der Waals surface area contributed by atoms with Gasteiger partial charge in [0.1, 0.15) is 5.75 Å². The molecule has 1 aliphatic rings. The van der Waals surface area contributed by atoms with Crippen LogP contribution in [0.15, 0.2) is 72.8 Å². The Morgan fingerprint density at radius 1 is 1.05 bits per heavy atom. The molecule has 0 saturated carbocycles. The van der Waals surface area contributed by atoms with Gasteiger partial charge in [-0.05, 0) is 47.4 Å². The number of carbonyl (C=O) groups is 2. The molecular weight excluding hydrogens is 569 g/mol. The molecular formula is C31H32ClF3N4O3. The summed E-state index contributed by atoms with van der Waals surface area (Å²) >= 11 is 0. The van der Waals surface area contributed by atoms with Gasteiger partial charge in [-0.15, -0.1) is 12.4 Å². The molecule has 3 aromatic carbocycles. The van der Waals surface area contributed by atoms with Gasteiger partial charge in [0.15, 0.2) is 6.61 Å². The molecule has 2 atom stereocenters. The fraction of sp³-hybridized carbons (Fsp3) is 0.323. The predicted octanol–water partition coefficient (Wildman–Crippen LogP) is 5.20. The van der Waals surface area contributed by atoms with Crippen molar-refractivity contribution in [2.45, 2.75) is 38.0 Å². The normalized spacial score (nSPS) is 16.6. The van der Waals surface area contributed by atoms with Gasteiger partial charge in [0.2, 0.25) is 11.8 Å². The highest BCUT2D eigenvalue weighted by molar-refractivity contribution is 5.85. The molecule has 1 saturated heterocycles. The fourth-order valence-corrected chi connectivity index (χ4v) is 4.95. The molecule has 0 bridgehead atoms. The van der Waals surface area contributed by atoms with Crippen molar-refractivity contribution in [3.05, 3.63) is 89.5 Å². The van der Waals surface area contributed by atoms with E-state index in [4.69, 9.17) is 10.00 Å². The lowest BCUT2D eigenvalue weighted by Gasteiger charge is -2.39. The van der Waals surface area contributed by atoms with Gasteiger partial charge in [0, 0.05) is 44.1 Å². The quantitative estimate of drug-likeness (QED) is 0.352. The first-order chi connectivity index (χ1) is 19.6. The smallest absolute Gasteiger partial charge is 0.422 e. The van der Waals surface area contributed by atoms with Gasteiger partial charge >= 0.3 is 6.18 Å². The first kappa shape index (κ1) is 32.4. The maximum absolute atomic E-state index is 13.0.